The summed E-state index contributed by atoms with van der Waals surface area (Å²) in [5.41, 5.74) is 2.56. The largest absolute Gasteiger partial charge is 0.192 e. The van der Waals surface area contributed by atoms with Crippen LogP contribution in [0.2, 0.25) is 0 Å². The second-order valence-electron chi connectivity index (χ2n) is 4.72. The van der Waals surface area contributed by atoms with Gasteiger partial charge in [-0.3, -0.25) is 0 Å². The Bertz CT molecular complexity index is 422. The lowest BCUT2D eigenvalue weighted by atomic mass is 10.3. The quantitative estimate of drug-likeness (QED) is 0.341. The molecule has 0 N–H and O–H groups in total. The molecule has 0 heterocycles. The molecule has 0 saturated heterocycles. The normalized spacial score (nSPS) is 10.9. The standard InChI is InChI=1S/C16H22N2S2/c1-13(2)7-5-9-19-15(11-17)16(12-18)20-10-6-8-14(3)4/h7-8H,5-6,9-10H2,1-4H3/b16-15-. The van der Waals surface area contributed by atoms with Crippen LogP contribution in [0, 0.1) is 22.7 Å². The van der Waals surface area contributed by atoms with E-state index in [0.717, 1.165) is 24.3 Å². The molecule has 0 fully saturated rings. The molecule has 0 bridgehead atoms. The van der Waals surface area contributed by atoms with E-state index in [1.54, 1.807) is 0 Å². The van der Waals surface area contributed by atoms with E-state index in [1.165, 1.54) is 34.7 Å². The van der Waals surface area contributed by atoms with E-state index in [2.05, 4.69) is 52.0 Å². The number of nitriles is 2. The first kappa shape index (κ1) is 18.9. The summed E-state index contributed by atoms with van der Waals surface area (Å²) in [6.07, 6.45) is 6.16. The fourth-order valence-electron chi connectivity index (χ4n) is 1.31. The fourth-order valence-corrected chi connectivity index (χ4v) is 3.03. The summed E-state index contributed by atoms with van der Waals surface area (Å²) in [5.74, 6) is 1.68. The van der Waals surface area contributed by atoms with Crippen molar-refractivity contribution >= 4 is 23.5 Å². The molecule has 0 aromatic carbocycles. The molecule has 0 aliphatic heterocycles. The van der Waals surface area contributed by atoms with E-state index < -0.39 is 0 Å². The van der Waals surface area contributed by atoms with Crippen LogP contribution < -0.4 is 0 Å². The third-order valence-corrected chi connectivity index (χ3v) is 4.42. The summed E-state index contributed by atoms with van der Waals surface area (Å²) in [6, 6.07) is 4.31. The summed E-state index contributed by atoms with van der Waals surface area (Å²) >= 11 is 2.95. The van der Waals surface area contributed by atoms with Crippen molar-refractivity contribution in [3.63, 3.8) is 0 Å². The maximum atomic E-state index is 9.16. The number of hydrogen-bond acceptors (Lipinski definition) is 4. The van der Waals surface area contributed by atoms with Gasteiger partial charge in [-0.25, -0.2) is 0 Å². The summed E-state index contributed by atoms with van der Waals surface area (Å²) in [6.45, 7) is 8.24. The lowest BCUT2D eigenvalue weighted by molar-refractivity contribution is 1.19. The van der Waals surface area contributed by atoms with Gasteiger partial charge in [0.25, 0.3) is 0 Å². The highest BCUT2D eigenvalue weighted by Gasteiger charge is 2.07. The minimum Gasteiger partial charge on any atom is -0.192 e. The Labute approximate surface area is 131 Å². The second-order valence-corrected chi connectivity index (χ2v) is 6.93. The Hall–Kier alpha value is -1.10. The molecular weight excluding hydrogens is 284 g/mol. The second kappa shape index (κ2) is 11.7. The molecule has 2 nitrogen and oxygen atoms in total. The first-order valence-corrected chi connectivity index (χ1v) is 8.55. The Kier molecular flexibility index (Phi) is 11.1. The van der Waals surface area contributed by atoms with Gasteiger partial charge in [0.15, 0.2) is 0 Å². The van der Waals surface area contributed by atoms with Crippen LogP contribution in [0.5, 0.6) is 0 Å². The van der Waals surface area contributed by atoms with Gasteiger partial charge in [0.05, 0.1) is 0 Å². The Morgan fingerprint density at radius 2 is 1.15 bits per heavy atom. The van der Waals surface area contributed by atoms with Crippen molar-refractivity contribution in [2.24, 2.45) is 0 Å². The fraction of sp³-hybridized carbons (Fsp3) is 0.500. The van der Waals surface area contributed by atoms with Crippen molar-refractivity contribution in [1.29, 1.82) is 10.5 Å². The maximum absolute atomic E-state index is 9.16. The smallest absolute Gasteiger partial charge is 0.109 e. The zero-order chi connectivity index (χ0) is 15.4. The third-order valence-electron chi connectivity index (χ3n) is 2.24. The Balaban J connectivity index is 4.44. The maximum Gasteiger partial charge on any atom is 0.109 e. The highest BCUT2D eigenvalue weighted by atomic mass is 32.2. The van der Waals surface area contributed by atoms with Gasteiger partial charge in [0.1, 0.15) is 21.9 Å². The highest BCUT2D eigenvalue weighted by molar-refractivity contribution is 8.07. The van der Waals surface area contributed by atoms with E-state index >= 15 is 0 Å². The SMILES string of the molecule is CC(C)=CCCS/C(C#N)=C(/C#N)SCCC=C(C)C. The summed E-state index contributed by atoms with van der Waals surface area (Å²) in [7, 11) is 0. The molecule has 0 atom stereocenters. The first-order valence-electron chi connectivity index (χ1n) is 6.58. The number of allylic oxidation sites excluding steroid dienone is 6. The van der Waals surface area contributed by atoms with Crippen LogP contribution >= 0.6 is 23.5 Å². The van der Waals surface area contributed by atoms with Gasteiger partial charge in [-0.15, -0.1) is 23.5 Å². The van der Waals surface area contributed by atoms with Crippen LogP contribution in [0.15, 0.2) is 33.1 Å². The molecule has 0 saturated carbocycles. The topological polar surface area (TPSA) is 47.6 Å². The number of rotatable bonds is 8. The van der Waals surface area contributed by atoms with Crippen molar-refractivity contribution in [3.05, 3.63) is 33.1 Å². The van der Waals surface area contributed by atoms with Crippen molar-refractivity contribution in [1.82, 2.24) is 0 Å². The Morgan fingerprint density at radius 1 is 0.800 bits per heavy atom. The molecule has 0 radical (unpaired) electrons. The van der Waals surface area contributed by atoms with Crippen LogP contribution in [0.1, 0.15) is 40.5 Å². The lowest BCUT2D eigenvalue weighted by Crippen LogP contribution is -1.86. The number of hydrogen-bond donors (Lipinski definition) is 0. The molecule has 4 heteroatoms. The summed E-state index contributed by atoms with van der Waals surface area (Å²) < 4.78 is 0. The molecule has 0 rings (SSSR count). The van der Waals surface area contributed by atoms with E-state index in [1.807, 2.05) is 0 Å². The van der Waals surface area contributed by atoms with E-state index in [-0.39, 0.29) is 0 Å². The highest BCUT2D eigenvalue weighted by Crippen LogP contribution is 2.28. The average molecular weight is 307 g/mol. The minimum atomic E-state index is 0.553. The third kappa shape index (κ3) is 9.78. The van der Waals surface area contributed by atoms with Gasteiger partial charge in [-0.05, 0) is 40.5 Å². The molecule has 0 amide bonds. The molecule has 0 aromatic heterocycles. The van der Waals surface area contributed by atoms with Crippen LogP contribution in [0.4, 0.5) is 0 Å². The molecule has 0 aliphatic rings. The number of nitrogens with zero attached hydrogens (tertiary/aromatic N) is 2. The minimum absolute atomic E-state index is 0.553. The van der Waals surface area contributed by atoms with Crippen molar-refractivity contribution in [3.8, 4) is 12.1 Å². The molecule has 0 unspecified atom stereocenters. The van der Waals surface area contributed by atoms with Gasteiger partial charge in [0, 0.05) is 11.5 Å². The van der Waals surface area contributed by atoms with Gasteiger partial charge in [-0.2, -0.15) is 10.5 Å². The zero-order valence-corrected chi connectivity index (χ0v) is 14.3. The van der Waals surface area contributed by atoms with Crippen LogP contribution in [0.3, 0.4) is 0 Å². The lowest BCUT2D eigenvalue weighted by Gasteiger charge is -2.02. The van der Waals surface area contributed by atoms with Crippen LogP contribution in [-0.4, -0.2) is 11.5 Å². The zero-order valence-electron chi connectivity index (χ0n) is 12.7. The van der Waals surface area contributed by atoms with Gasteiger partial charge < -0.3 is 0 Å². The van der Waals surface area contributed by atoms with Gasteiger partial charge in [-0.1, -0.05) is 23.3 Å². The van der Waals surface area contributed by atoms with Crippen LogP contribution in [0.25, 0.3) is 0 Å². The monoisotopic (exact) mass is 306 g/mol. The summed E-state index contributed by atoms with van der Waals surface area (Å²) in [5, 5.41) is 18.3. The van der Waals surface area contributed by atoms with Gasteiger partial charge in [0.2, 0.25) is 0 Å². The average Bonchev–Trinajstić information content (AvgIpc) is 2.39. The molecule has 108 valence electrons. The van der Waals surface area contributed by atoms with Crippen molar-refractivity contribution < 1.29 is 0 Å². The van der Waals surface area contributed by atoms with Gasteiger partial charge >= 0.3 is 0 Å². The first-order chi connectivity index (χ1) is 9.51. The molecule has 20 heavy (non-hydrogen) atoms. The molecule has 0 aromatic rings. The van der Waals surface area contributed by atoms with Crippen LogP contribution in [-0.2, 0) is 0 Å². The Morgan fingerprint density at radius 3 is 1.40 bits per heavy atom. The molecular formula is C16H22N2S2. The predicted molar refractivity (Wildman–Crippen MR) is 91.3 cm³/mol. The van der Waals surface area contributed by atoms with E-state index in [0.29, 0.717) is 9.81 Å². The summed E-state index contributed by atoms with van der Waals surface area (Å²) in [4.78, 5) is 1.11. The van der Waals surface area contributed by atoms with E-state index in [4.69, 9.17) is 10.5 Å². The van der Waals surface area contributed by atoms with E-state index in [9.17, 15) is 0 Å². The van der Waals surface area contributed by atoms with Crippen molar-refractivity contribution in [2.75, 3.05) is 11.5 Å². The predicted octanol–water partition coefficient (Wildman–Crippen LogP) is 5.42. The molecule has 0 spiro atoms. The molecule has 0 aliphatic carbocycles. The number of thioether (sulfide) groups is 2. The van der Waals surface area contributed by atoms with Crippen molar-refractivity contribution in [2.45, 2.75) is 40.5 Å².